The number of carbonyl (C=O) groups excluding carboxylic acids is 1. The standard InChI is InChI=1S/C17H21ClF3N3O2/c1-11(26-10-12-2-3-12)16(25)24-6-4-23(5-7-24)15-14(18)8-13(9-22-15)17(19,20)21/h8-9,11-12H,2-7,10H2,1H3. The number of hydrogen-bond donors (Lipinski definition) is 0. The molecule has 0 N–H and O–H groups in total. The van der Waals surface area contributed by atoms with Crippen molar-refractivity contribution in [1.82, 2.24) is 9.88 Å². The van der Waals surface area contributed by atoms with Crippen molar-refractivity contribution in [2.45, 2.75) is 32.0 Å². The van der Waals surface area contributed by atoms with Crippen molar-refractivity contribution < 1.29 is 22.7 Å². The van der Waals surface area contributed by atoms with Crippen LogP contribution in [-0.4, -0.2) is 54.7 Å². The van der Waals surface area contributed by atoms with Crippen LogP contribution in [0.25, 0.3) is 0 Å². The monoisotopic (exact) mass is 391 g/mol. The molecule has 0 radical (unpaired) electrons. The van der Waals surface area contributed by atoms with Gasteiger partial charge in [0.15, 0.2) is 0 Å². The molecule has 1 unspecified atom stereocenters. The van der Waals surface area contributed by atoms with Crippen molar-refractivity contribution >= 4 is 23.3 Å². The first-order valence-corrected chi connectivity index (χ1v) is 9.01. The zero-order chi connectivity index (χ0) is 18.9. The van der Waals surface area contributed by atoms with E-state index in [-0.39, 0.29) is 10.9 Å². The molecule has 1 atom stereocenters. The van der Waals surface area contributed by atoms with Crippen molar-refractivity contribution in [2.24, 2.45) is 5.92 Å². The van der Waals surface area contributed by atoms with Gasteiger partial charge in [-0.1, -0.05) is 11.6 Å². The first-order chi connectivity index (χ1) is 12.3. The normalized spacial score (nSPS) is 19.6. The molecule has 26 heavy (non-hydrogen) atoms. The smallest absolute Gasteiger partial charge is 0.368 e. The number of nitrogens with zero attached hydrogens (tertiary/aromatic N) is 3. The highest BCUT2D eigenvalue weighted by Crippen LogP contribution is 2.34. The molecule has 0 aromatic carbocycles. The summed E-state index contributed by atoms with van der Waals surface area (Å²) in [6, 6.07) is 0.884. The number of hydrogen-bond acceptors (Lipinski definition) is 4. The molecule has 0 spiro atoms. The minimum absolute atomic E-state index is 0.0410. The summed E-state index contributed by atoms with van der Waals surface area (Å²) >= 11 is 5.99. The van der Waals surface area contributed by atoms with E-state index in [1.807, 2.05) is 0 Å². The van der Waals surface area contributed by atoms with Crippen LogP contribution in [0.15, 0.2) is 12.3 Å². The summed E-state index contributed by atoms with van der Waals surface area (Å²) in [5.74, 6) is 0.844. The fourth-order valence-electron chi connectivity index (χ4n) is 2.85. The SMILES string of the molecule is CC(OCC1CC1)C(=O)N1CCN(c2ncc(C(F)(F)F)cc2Cl)CC1. The lowest BCUT2D eigenvalue weighted by Gasteiger charge is -2.36. The number of piperazine rings is 1. The second kappa shape index (κ2) is 7.60. The lowest BCUT2D eigenvalue weighted by Crippen LogP contribution is -2.51. The molecule has 2 aliphatic rings. The van der Waals surface area contributed by atoms with Gasteiger partial charge in [-0.15, -0.1) is 0 Å². The summed E-state index contributed by atoms with van der Waals surface area (Å²) in [6.07, 6.45) is -1.83. The Kier molecular flexibility index (Phi) is 5.62. The molecule has 1 aliphatic carbocycles. The molecule has 2 heterocycles. The third kappa shape index (κ3) is 4.59. The number of ether oxygens (including phenoxy) is 1. The number of halogens is 4. The summed E-state index contributed by atoms with van der Waals surface area (Å²) in [7, 11) is 0. The van der Waals surface area contributed by atoms with Crippen molar-refractivity contribution in [2.75, 3.05) is 37.7 Å². The third-order valence-corrected chi connectivity index (χ3v) is 4.94. The minimum atomic E-state index is -4.48. The molecular weight excluding hydrogens is 371 g/mol. The van der Waals surface area contributed by atoms with E-state index in [0.29, 0.717) is 44.5 Å². The van der Waals surface area contributed by atoms with Crippen LogP contribution in [0.2, 0.25) is 5.02 Å². The zero-order valence-corrected chi connectivity index (χ0v) is 15.2. The third-order valence-electron chi connectivity index (χ3n) is 4.67. The van der Waals surface area contributed by atoms with Crippen LogP contribution < -0.4 is 4.90 Å². The summed E-state index contributed by atoms with van der Waals surface area (Å²) < 4.78 is 43.7. The average molecular weight is 392 g/mol. The zero-order valence-electron chi connectivity index (χ0n) is 14.4. The summed E-state index contributed by atoms with van der Waals surface area (Å²) in [5, 5.41) is -0.0410. The van der Waals surface area contributed by atoms with E-state index in [0.717, 1.165) is 12.3 Å². The maximum atomic E-state index is 12.7. The van der Waals surface area contributed by atoms with Crippen molar-refractivity contribution in [1.29, 1.82) is 0 Å². The minimum Gasteiger partial charge on any atom is -0.368 e. The lowest BCUT2D eigenvalue weighted by molar-refractivity contribution is -0.143. The molecule has 0 bridgehead atoms. The van der Waals surface area contributed by atoms with Gasteiger partial charge in [-0.25, -0.2) is 4.98 Å². The quantitative estimate of drug-likeness (QED) is 0.773. The fourth-order valence-corrected chi connectivity index (χ4v) is 3.14. The van der Waals surface area contributed by atoms with E-state index in [1.54, 1.807) is 16.7 Å². The Balaban J connectivity index is 1.55. The number of aromatic nitrogens is 1. The molecule has 1 aromatic rings. The Morgan fingerprint density at radius 2 is 2.00 bits per heavy atom. The maximum Gasteiger partial charge on any atom is 0.417 e. The molecule has 1 saturated carbocycles. The second-order valence-corrected chi connectivity index (χ2v) is 7.17. The van der Waals surface area contributed by atoms with Crippen LogP contribution in [-0.2, 0) is 15.7 Å². The van der Waals surface area contributed by atoms with Crippen LogP contribution in [0.3, 0.4) is 0 Å². The van der Waals surface area contributed by atoms with Crippen LogP contribution in [0.5, 0.6) is 0 Å². The predicted octanol–water partition coefficient (Wildman–Crippen LogP) is 3.22. The van der Waals surface area contributed by atoms with Crippen molar-refractivity contribution in [3.8, 4) is 0 Å². The van der Waals surface area contributed by atoms with E-state index in [1.165, 1.54) is 12.8 Å². The largest absolute Gasteiger partial charge is 0.417 e. The number of rotatable bonds is 5. The molecular formula is C17H21ClF3N3O2. The van der Waals surface area contributed by atoms with Crippen LogP contribution in [0.1, 0.15) is 25.3 Å². The summed E-state index contributed by atoms with van der Waals surface area (Å²) in [6.45, 7) is 4.20. The van der Waals surface area contributed by atoms with E-state index in [2.05, 4.69) is 4.98 Å². The highest BCUT2D eigenvalue weighted by atomic mass is 35.5. The van der Waals surface area contributed by atoms with E-state index >= 15 is 0 Å². The second-order valence-electron chi connectivity index (χ2n) is 6.76. The molecule has 3 rings (SSSR count). The van der Waals surface area contributed by atoms with Gasteiger partial charge in [0.1, 0.15) is 11.9 Å². The first kappa shape index (κ1) is 19.2. The summed E-state index contributed by atoms with van der Waals surface area (Å²) in [5.41, 5.74) is -0.873. The highest BCUT2D eigenvalue weighted by molar-refractivity contribution is 6.33. The van der Waals surface area contributed by atoms with E-state index in [9.17, 15) is 18.0 Å². The molecule has 1 saturated heterocycles. The molecule has 1 aliphatic heterocycles. The van der Waals surface area contributed by atoms with Crippen LogP contribution in [0.4, 0.5) is 19.0 Å². The van der Waals surface area contributed by atoms with Gasteiger partial charge in [-0.2, -0.15) is 13.2 Å². The van der Waals surface area contributed by atoms with Gasteiger partial charge in [0, 0.05) is 32.4 Å². The number of alkyl halides is 3. The van der Waals surface area contributed by atoms with Gasteiger partial charge in [0.2, 0.25) is 0 Å². The lowest BCUT2D eigenvalue weighted by atomic mass is 10.2. The van der Waals surface area contributed by atoms with Crippen molar-refractivity contribution in [3.05, 3.63) is 22.8 Å². The molecule has 144 valence electrons. The molecule has 1 amide bonds. The molecule has 9 heteroatoms. The number of anilines is 1. The van der Waals surface area contributed by atoms with Gasteiger partial charge in [0.25, 0.3) is 5.91 Å². The van der Waals surface area contributed by atoms with Gasteiger partial charge in [0.05, 0.1) is 17.2 Å². The van der Waals surface area contributed by atoms with Crippen LogP contribution >= 0.6 is 11.6 Å². The fraction of sp³-hybridized carbons (Fsp3) is 0.647. The average Bonchev–Trinajstić information content (AvgIpc) is 3.43. The Bertz CT molecular complexity index is 659. The number of carbonyl (C=O) groups is 1. The van der Waals surface area contributed by atoms with Crippen LogP contribution in [0, 0.1) is 5.92 Å². The van der Waals surface area contributed by atoms with Gasteiger partial charge < -0.3 is 14.5 Å². The Morgan fingerprint density at radius 1 is 1.35 bits per heavy atom. The maximum absolute atomic E-state index is 12.7. The Hall–Kier alpha value is -1.54. The Morgan fingerprint density at radius 3 is 2.54 bits per heavy atom. The molecule has 1 aromatic heterocycles. The molecule has 5 nitrogen and oxygen atoms in total. The van der Waals surface area contributed by atoms with Gasteiger partial charge >= 0.3 is 6.18 Å². The van der Waals surface area contributed by atoms with Gasteiger partial charge in [-0.3, -0.25) is 4.79 Å². The number of amides is 1. The predicted molar refractivity (Wildman–Crippen MR) is 91.2 cm³/mol. The number of pyridine rings is 1. The van der Waals surface area contributed by atoms with E-state index in [4.69, 9.17) is 16.3 Å². The molecule has 2 fully saturated rings. The first-order valence-electron chi connectivity index (χ1n) is 8.64. The topological polar surface area (TPSA) is 45.7 Å². The van der Waals surface area contributed by atoms with Gasteiger partial charge in [-0.05, 0) is 31.7 Å². The summed E-state index contributed by atoms with van der Waals surface area (Å²) in [4.78, 5) is 19.8. The van der Waals surface area contributed by atoms with Crippen molar-refractivity contribution in [3.63, 3.8) is 0 Å². The van der Waals surface area contributed by atoms with E-state index < -0.39 is 17.8 Å². The highest BCUT2D eigenvalue weighted by Gasteiger charge is 2.33. The Labute approximate surface area is 155 Å².